The van der Waals surface area contributed by atoms with Gasteiger partial charge in [0.25, 0.3) is 5.56 Å². The number of carbonyl (C=O) groups is 1. The van der Waals surface area contributed by atoms with E-state index < -0.39 is 0 Å². The second-order valence-electron chi connectivity index (χ2n) is 7.89. The molecule has 6 nitrogen and oxygen atoms in total. The van der Waals surface area contributed by atoms with Gasteiger partial charge in [0.05, 0.1) is 6.33 Å². The Labute approximate surface area is 156 Å². The molecule has 3 aromatic rings. The summed E-state index contributed by atoms with van der Waals surface area (Å²) in [4.78, 5) is 31.9. The second-order valence-corrected chi connectivity index (χ2v) is 7.89. The van der Waals surface area contributed by atoms with Crippen molar-refractivity contribution in [2.75, 3.05) is 13.1 Å². The third kappa shape index (κ3) is 2.83. The number of benzene rings is 1. The predicted octanol–water partition coefficient (Wildman–Crippen LogP) is 3.18. The molecule has 0 N–H and O–H groups in total. The highest BCUT2D eigenvalue weighted by Gasteiger charge is 2.33. The maximum Gasteiger partial charge on any atom is 0.297 e. The first-order chi connectivity index (χ1) is 13.2. The van der Waals surface area contributed by atoms with Crippen LogP contribution in [-0.2, 0) is 11.3 Å². The molecule has 1 saturated heterocycles. The zero-order chi connectivity index (χ0) is 18.4. The summed E-state index contributed by atoms with van der Waals surface area (Å²) in [6.45, 7) is 1.66. The Hall–Kier alpha value is -2.63. The summed E-state index contributed by atoms with van der Waals surface area (Å²) in [5.74, 6) is 1.40. The van der Waals surface area contributed by atoms with Crippen molar-refractivity contribution in [3.8, 4) is 0 Å². The van der Waals surface area contributed by atoms with Crippen LogP contribution in [0.4, 0.5) is 0 Å². The first kappa shape index (κ1) is 16.5. The van der Waals surface area contributed by atoms with Gasteiger partial charge in [0.2, 0.25) is 11.5 Å². The lowest BCUT2D eigenvalue weighted by Crippen LogP contribution is -2.46. The summed E-state index contributed by atoms with van der Waals surface area (Å²) in [5, 5.41) is 0.822. The van der Waals surface area contributed by atoms with Crippen molar-refractivity contribution < 1.29 is 9.21 Å². The van der Waals surface area contributed by atoms with Crippen LogP contribution in [-0.4, -0.2) is 33.4 Å². The largest absolute Gasteiger partial charge is 0.448 e. The van der Waals surface area contributed by atoms with Crippen molar-refractivity contribution in [2.45, 2.75) is 38.6 Å². The summed E-state index contributed by atoms with van der Waals surface area (Å²) in [5.41, 5.74) is 1.12. The van der Waals surface area contributed by atoms with E-state index in [0.717, 1.165) is 30.8 Å². The van der Waals surface area contributed by atoms with Crippen molar-refractivity contribution in [3.63, 3.8) is 0 Å². The highest BCUT2D eigenvalue weighted by molar-refractivity contribution is 6.01. The molecule has 0 unspecified atom stereocenters. The zero-order valence-electron chi connectivity index (χ0n) is 15.3. The highest BCUT2D eigenvalue weighted by atomic mass is 16.3. The van der Waals surface area contributed by atoms with Gasteiger partial charge < -0.3 is 9.32 Å². The summed E-state index contributed by atoms with van der Waals surface area (Å²) < 4.78 is 7.08. The smallest absolute Gasteiger partial charge is 0.297 e. The molecule has 2 aliphatic rings. The Morgan fingerprint density at radius 3 is 2.85 bits per heavy atom. The number of fused-ring (bicyclic) bond motifs is 4. The topological polar surface area (TPSA) is 68.3 Å². The third-order valence-corrected chi connectivity index (χ3v) is 6.30. The van der Waals surface area contributed by atoms with Gasteiger partial charge in [-0.2, -0.15) is 0 Å². The first-order valence-electron chi connectivity index (χ1n) is 9.85. The third-order valence-electron chi connectivity index (χ3n) is 6.30. The molecule has 1 amide bonds. The van der Waals surface area contributed by atoms with Crippen LogP contribution >= 0.6 is 0 Å². The van der Waals surface area contributed by atoms with Gasteiger partial charge in [0, 0.05) is 18.5 Å². The van der Waals surface area contributed by atoms with E-state index in [9.17, 15) is 9.59 Å². The molecule has 1 aliphatic heterocycles. The number of carbonyl (C=O) groups excluding carboxylic acids is 1. The Bertz CT molecular complexity index is 1070. The number of amides is 1. The minimum absolute atomic E-state index is 0.00150. The molecule has 0 radical (unpaired) electrons. The van der Waals surface area contributed by atoms with E-state index in [2.05, 4.69) is 4.98 Å². The number of likely N-dealkylation sites (tertiary alicyclic amines) is 1. The van der Waals surface area contributed by atoms with Crippen molar-refractivity contribution in [2.24, 2.45) is 11.8 Å². The maximum atomic E-state index is 12.8. The standard InChI is InChI=1S/C21H23N3O3/c25-18(23-10-9-14-5-1-2-6-15(14)11-23)12-24-13-22-19-16-7-3-4-8-17(16)27-20(19)21(24)26/h3-4,7-8,13-15H,1-2,5-6,9-12H2/t14-,15-/m1/s1. The van der Waals surface area contributed by atoms with Crippen LogP contribution in [0.5, 0.6) is 0 Å². The van der Waals surface area contributed by atoms with Crippen LogP contribution < -0.4 is 5.56 Å². The lowest BCUT2D eigenvalue weighted by atomic mass is 9.75. The van der Waals surface area contributed by atoms with Crippen LogP contribution in [0.15, 0.2) is 39.8 Å². The Morgan fingerprint density at radius 1 is 1.15 bits per heavy atom. The molecule has 1 saturated carbocycles. The summed E-state index contributed by atoms with van der Waals surface area (Å²) in [7, 11) is 0. The van der Waals surface area contributed by atoms with Crippen LogP contribution in [0.2, 0.25) is 0 Å². The van der Waals surface area contributed by atoms with Gasteiger partial charge >= 0.3 is 0 Å². The molecule has 140 valence electrons. The fourth-order valence-corrected chi connectivity index (χ4v) is 4.80. The van der Waals surface area contributed by atoms with E-state index in [1.807, 2.05) is 29.2 Å². The Morgan fingerprint density at radius 2 is 1.96 bits per heavy atom. The average molecular weight is 365 g/mol. The van der Waals surface area contributed by atoms with Gasteiger partial charge in [-0.05, 0) is 36.8 Å². The number of rotatable bonds is 2. The van der Waals surface area contributed by atoms with E-state index in [1.165, 1.54) is 36.6 Å². The first-order valence-corrected chi connectivity index (χ1v) is 9.85. The summed E-state index contributed by atoms with van der Waals surface area (Å²) >= 11 is 0. The molecule has 6 heteroatoms. The van der Waals surface area contributed by atoms with Gasteiger partial charge in [-0.25, -0.2) is 4.98 Å². The van der Waals surface area contributed by atoms with Crippen LogP contribution in [0, 0.1) is 11.8 Å². The molecular formula is C21H23N3O3. The van der Waals surface area contributed by atoms with Gasteiger partial charge in [0.1, 0.15) is 17.6 Å². The molecular weight excluding hydrogens is 342 g/mol. The van der Waals surface area contributed by atoms with Gasteiger partial charge in [0.15, 0.2) is 0 Å². The number of aromatic nitrogens is 2. The SMILES string of the molecule is O=C(Cn1cnc2c(oc3ccccc32)c1=O)N1CC[C@H]2CCCC[C@@H]2C1. The quantitative estimate of drug-likeness (QED) is 0.699. The van der Waals surface area contributed by atoms with E-state index in [1.54, 1.807) is 0 Å². The van der Waals surface area contributed by atoms with Crippen LogP contribution in [0.1, 0.15) is 32.1 Å². The molecule has 1 aliphatic carbocycles. The zero-order valence-corrected chi connectivity index (χ0v) is 15.3. The summed E-state index contributed by atoms with van der Waals surface area (Å²) in [6.07, 6.45) is 7.69. The summed E-state index contributed by atoms with van der Waals surface area (Å²) in [6, 6.07) is 7.46. The van der Waals surface area contributed by atoms with E-state index in [-0.39, 0.29) is 23.6 Å². The lowest BCUT2D eigenvalue weighted by molar-refractivity contribution is -0.135. The molecule has 1 aromatic carbocycles. The predicted molar refractivity (Wildman–Crippen MR) is 102 cm³/mol. The molecule has 5 rings (SSSR count). The molecule has 2 aromatic heterocycles. The maximum absolute atomic E-state index is 12.8. The van der Waals surface area contributed by atoms with Crippen LogP contribution in [0.25, 0.3) is 22.1 Å². The van der Waals surface area contributed by atoms with Gasteiger partial charge in [-0.1, -0.05) is 31.4 Å². The van der Waals surface area contributed by atoms with Crippen molar-refractivity contribution >= 4 is 28.0 Å². The van der Waals surface area contributed by atoms with E-state index in [4.69, 9.17) is 4.42 Å². The van der Waals surface area contributed by atoms with E-state index in [0.29, 0.717) is 17.0 Å². The van der Waals surface area contributed by atoms with Crippen molar-refractivity contribution in [1.29, 1.82) is 0 Å². The number of piperidine rings is 1. The van der Waals surface area contributed by atoms with Gasteiger partial charge in [-0.3, -0.25) is 14.2 Å². The number of furan rings is 1. The Balaban J connectivity index is 1.39. The van der Waals surface area contributed by atoms with E-state index >= 15 is 0 Å². The molecule has 2 fully saturated rings. The second kappa shape index (κ2) is 6.51. The van der Waals surface area contributed by atoms with Crippen LogP contribution in [0.3, 0.4) is 0 Å². The number of hydrogen-bond donors (Lipinski definition) is 0. The minimum atomic E-state index is -0.294. The van der Waals surface area contributed by atoms with Crippen molar-refractivity contribution in [3.05, 3.63) is 40.9 Å². The molecule has 3 heterocycles. The normalized spacial score (nSPS) is 22.9. The molecule has 0 bridgehead atoms. The number of para-hydroxylation sites is 1. The molecule has 0 spiro atoms. The highest BCUT2D eigenvalue weighted by Crippen LogP contribution is 2.36. The van der Waals surface area contributed by atoms with Gasteiger partial charge in [-0.15, -0.1) is 0 Å². The monoisotopic (exact) mass is 365 g/mol. The average Bonchev–Trinajstić information content (AvgIpc) is 3.09. The lowest BCUT2D eigenvalue weighted by Gasteiger charge is -2.41. The Kier molecular flexibility index (Phi) is 3.99. The molecule has 2 atom stereocenters. The number of hydrogen-bond acceptors (Lipinski definition) is 4. The number of nitrogens with zero attached hydrogens (tertiary/aromatic N) is 3. The fraction of sp³-hybridized carbons (Fsp3) is 0.476. The van der Waals surface area contributed by atoms with Crippen molar-refractivity contribution in [1.82, 2.24) is 14.5 Å². The fourth-order valence-electron chi connectivity index (χ4n) is 4.80. The molecule has 27 heavy (non-hydrogen) atoms. The minimum Gasteiger partial charge on any atom is -0.448 e.